The number of nitrogens with zero attached hydrogens (tertiary/aromatic N) is 2. The molecule has 2 aromatic carbocycles. The summed E-state index contributed by atoms with van der Waals surface area (Å²) in [5.41, 5.74) is 3.50. The number of rotatable bonds is 3. The Bertz CT molecular complexity index is 968. The molecule has 0 unspecified atom stereocenters. The summed E-state index contributed by atoms with van der Waals surface area (Å²) in [7, 11) is 1.62. The molecule has 0 spiro atoms. The molecule has 0 fully saturated rings. The van der Waals surface area contributed by atoms with E-state index in [4.69, 9.17) is 44.6 Å². The molecule has 7 heteroatoms. The first-order valence-corrected chi connectivity index (χ1v) is 8.87. The number of hydrogen-bond donors (Lipinski definition) is 1. The van der Waals surface area contributed by atoms with E-state index in [-0.39, 0.29) is 0 Å². The smallest absolute Gasteiger partial charge is 0.144 e. The lowest BCUT2D eigenvalue weighted by molar-refractivity contribution is 0.412. The van der Waals surface area contributed by atoms with E-state index in [0.29, 0.717) is 20.8 Å². The van der Waals surface area contributed by atoms with Gasteiger partial charge in [-0.1, -0.05) is 34.8 Å². The minimum atomic E-state index is 0.611. The number of anilines is 1. The predicted octanol–water partition coefficient (Wildman–Crippen LogP) is 5.48. The summed E-state index contributed by atoms with van der Waals surface area (Å²) in [6.45, 7) is 0.835. The van der Waals surface area contributed by atoms with E-state index in [1.165, 1.54) is 0 Å². The number of ether oxygens (including phenoxy) is 1. The predicted molar refractivity (Wildman–Crippen MR) is 103 cm³/mol. The van der Waals surface area contributed by atoms with Crippen LogP contribution in [0.4, 0.5) is 5.82 Å². The molecular formula is C18H14Cl3N3O. The van der Waals surface area contributed by atoms with Crippen molar-refractivity contribution in [3.05, 3.63) is 57.0 Å². The van der Waals surface area contributed by atoms with Gasteiger partial charge in [0.2, 0.25) is 0 Å². The van der Waals surface area contributed by atoms with Crippen LogP contribution in [0.25, 0.3) is 16.9 Å². The van der Waals surface area contributed by atoms with E-state index in [1.54, 1.807) is 25.3 Å². The topological polar surface area (TPSA) is 39.1 Å². The lowest BCUT2D eigenvalue weighted by Gasteiger charge is -2.11. The summed E-state index contributed by atoms with van der Waals surface area (Å²) < 4.78 is 7.30. The normalized spacial score (nSPS) is 12.8. The van der Waals surface area contributed by atoms with Gasteiger partial charge in [0.15, 0.2) is 0 Å². The molecule has 1 aliphatic heterocycles. The number of benzene rings is 2. The van der Waals surface area contributed by atoms with Crippen molar-refractivity contribution in [1.29, 1.82) is 0 Å². The summed E-state index contributed by atoms with van der Waals surface area (Å²) in [5, 5.41) is 10.0. The maximum atomic E-state index is 6.40. The van der Waals surface area contributed by atoms with Crippen LogP contribution in [0.5, 0.6) is 5.75 Å². The van der Waals surface area contributed by atoms with Crippen LogP contribution in [0.2, 0.25) is 15.1 Å². The van der Waals surface area contributed by atoms with Crippen LogP contribution in [-0.4, -0.2) is 23.4 Å². The van der Waals surface area contributed by atoms with Crippen molar-refractivity contribution in [1.82, 2.24) is 9.78 Å². The summed E-state index contributed by atoms with van der Waals surface area (Å²) in [6, 6.07) is 10.8. The quantitative estimate of drug-likeness (QED) is 0.639. The van der Waals surface area contributed by atoms with E-state index in [9.17, 15) is 0 Å². The number of fused-ring (bicyclic) bond motifs is 1. The molecule has 1 N–H and O–H groups in total. The van der Waals surface area contributed by atoms with Gasteiger partial charge >= 0.3 is 0 Å². The summed E-state index contributed by atoms with van der Waals surface area (Å²) in [4.78, 5) is 0. The molecule has 0 bridgehead atoms. The van der Waals surface area contributed by atoms with Gasteiger partial charge in [-0.25, -0.2) is 4.68 Å². The number of methoxy groups -OCH3 is 1. The molecule has 0 saturated carbocycles. The van der Waals surface area contributed by atoms with E-state index in [1.807, 2.05) is 22.9 Å². The minimum absolute atomic E-state index is 0.611. The van der Waals surface area contributed by atoms with Crippen LogP contribution in [0, 0.1) is 0 Å². The number of aromatic nitrogens is 2. The molecule has 1 aliphatic rings. The Morgan fingerprint density at radius 1 is 1.08 bits per heavy atom. The molecule has 0 amide bonds. The Labute approximate surface area is 160 Å². The van der Waals surface area contributed by atoms with E-state index in [2.05, 4.69) is 5.32 Å². The van der Waals surface area contributed by atoms with Crippen molar-refractivity contribution >= 4 is 40.6 Å². The number of nitrogens with one attached hydrogen (secondary N) is 1. The standard InChI is InChI=1S/C18H14Cl3N3O/c1-25-16-5-3-11(20)9-15(16)24-18-12(6-7-22-18)17(23-24)13-8-10(19)2-4-14(13)21/h2-5,8-9,22H,6-7H2,1H3. The van der Waals surface area contributed by atoms with Gasteiger partial charge in [0.1, 0.15) is 17.3 Å². The highest BCUT2D eigenvalue weighted by molar-refractivity contribution is 6.35. The van der Waals surface area contributed by atoms with Gasteiger partial charge in [0, 0.05) is 27.7 Å². The van der Waals surface area contributed by atoms with E-state index in [0.717, 1.165) is 41.3 Å². The van der Waals surface area contributed by atoms with E-state index >= 15 is 0 Å². The summed E-state index contributed by atoms with van der Waals surface area (Å²) in [6.07, 6.45) is 0.858. The van der Waals surface area contributed by atoms with Gasteiger partial charge in [-0.15, -0.1) is 0 Å². The van der Waals surface area contributed by atoms with E-state index < -0.39 is 0 Å². The van der Waals surface area contributed by atoms with Gasteiger partial charge in [-0.2, -0.15) is 5.10 Å². The van der Waals surface area contributed by atoms with Gasteiger partial charge in [0.05, 0.1) is 17.8 Å². The highest BCUT2D eigenvalue weighted by atomic mass is 35.5. The Morgan fingerprint density at radius 3 is 2.64 bits per heavy atom. The average molecular weight is 395 g/mol. The lowest BCUT2D eigenvalue weighted by Crippen LogP contribution is -2.06. The molecular weight excluding hydrogens is 381 g/mol. The third-order valence-electron chi connectivity index (χ3n) is 4.20. The Kier molecular flexibility index (Phi) is 4.28. The van der Waals surface area contributed by atoms with Crippen molar-refractivity contribution in [2.75, 3.05) is 19.0 Å². The number of hydrogen-bond acceptors (Lipinski definition) is 3. The van der Waals surface area contributed by atoms with Gasteiger partial charge in [-0.3, -0.25) is 0 Å². The Balaban J connectivity index is 1.96. The molecule has 4 nitrogen and oxygen atoms in total. The van der Waals surface area contributed by atoms with Crippen LogP contribution in [-0.2, 0) is 6.42 Å². The molecule has 3 aromatic rings. The Morgan fingerprint density at radius 2 is 1.84 bits per heavy atom. The van der Waals surface area contributed by atoms with Crippen molar-refractivity contribution < 1.29 is 4.74 Å². The zero-order valence-corrected chi connectivity index (χ0v) is 15.6. The highest BCUT2D eigenvalue weighted by Gasteiger charge is 2.26. The van der Waals surface area contributed by atoms with Gasteiger partial charge in [0.25, 0.3) is 0 Å². The highest BCUT2D eigenvalue weighted by Crippen LogP contribution is 2.40. The van der Waals surface area contributed by atoms with Crippen LogP contribution in [0.3, 0.4) is 0 Å². The Hall–Kier alpha value is -1.88. The molecule has 25 heavy (non-hydrogen) atoms. The van der Waals surface area contributed by atoms with Crippen LogP contribution in [0.15, 0.2) is 36.4 Å². The van der Waals surface area contributed by atoms with Gasteiger partial charge < -0.3 is 10.1 Å². The van der Waals surface area contributed by atoms with Crippen LogP contribution in [0.1, 0.15) is 5.56 Å². The molecule has 128 valence electrons. The molecule has 2 heterocycles. The molecule has 0 aliphatic carbocycles. The van der Waals surface area contributed by atoms with Crippen LogP contribution >= 0.6 is 34.8 Å². The summed E-state index contributed by atoms with van der Waals surface area (Å²) >= 11 is 18.7. The molecule has 1 aromatic heterocycles. The zero-order valence-electron chi connectivity index (χ0n) is 13.3. The summed E-state index contributed by atoms with van der Waals surface area (Å²) in [5.74, 6) is 1.61. The fourth-order valence-electron chi connectivity index (χ4n) is 3.07. The molecule has 4 rings (SSSR count). The lowest BCUT2D eigenvalue weighted by atomic mass is 10.1. The second kappa shape index (κ2) is 6.45. The van der Waals surface area contributed by atoms with Crippen molar-refractivity contribution in [2.24, 2.45) is 0 Å². The second-order valence-electron chi connectivity index (χ2n) is 5.70. The largest absolute Gasteiger partial charge is 0.494 e. The monoisotopic (exact) mass is 393 g/mol. The number of halogens is 3. The fourth-order valence-corrected chi connectivity index (χ4v) is 3.62. The van der Waals surface area contributed by atoms with Crippen molar-refractivity contribution in [3.8, 4) is 22.7 Å². The molecule has 0 atom stereocenters. The van der Waals surface area contributed by atoms with Crippen molar-refractivity contribution in [2.45, 2.75) is 6.42 Å². The molecule has 0 saturated heterocycles. The van der Waals surface area contributed by atoms with Crippen LogP contribution < -0.4 is 10.1 Å². The SMILES string of the molecule is COc1ccc(Cl)cc1-n1nc(-c2cc(Cl)ccc2Cl)c2c1NCC2. The average Bonchev–Trinajstić information content (AvgIpc) is 3.19. The second-order valence-corrected chi connectivity index (χ2v) is 6.98. The first-order chi connectivity index (χ1) is 12.1. The zero-order chi connectivity index (χ0) is 17.6. The maximum Gasteiger partial charge on any atom is 0.144 e. The first-order valence-electron chi connectivity index (χ1n) is 7.73. The van der Waals surface area contributed by atoms with Gasteiger partial charge in [-0.05, 0) is 42.8 Å². The maximum absolute atomic E-state index is 6.40. The third-order valence-corrected chi connectivity index (χ3v) is 5.00. The third kappa shape index (κ3) is 2.84. The minimum Gasteiger partial charge on any atom is -0.494 e. The van der Waals surface area contributed by atoms with Crippen molar-refractivity contribution in [3.63, 3.8) is 0 Å². The first kappa shape index (κ1) is 16.6. The molecule has 0 radical (unpaired) electrons. The fraction of sp³-hybridized carbons (Fsp3) is 0.167.